The van der Waals surface area contributed by atoms with Gasteiger partial charge in [0.15, 0.2) is 0 Å². The van der Waals surface area contributed by atoms with Crippen molar-refractivity contribution < 1.29 is 27.5 Å². The lowest BCUT2D eigenvalue weighted by Crippen LogP contribution is -2.50. The van der Waals surface area contributed by atoms with Crippen LogP contribution in [-0.4, -0.2) is 93.0 Å². The van der Waals surface area contributed by atoms with E-state index in [9.17, 15) is 13.8 Å². The second-order valence-electron chi connectivity index (χ2n) is 7.94. The molecule has 12 heteroatoms. The van der Waals surface area contributed by atoms with Crippen LogP contribution in [0.1, 0.15) is 25.7 Å². The first-order chi connectivity index (χ1) is 13.5. The molecule has 11 nitrogen and oxygen atoms in total. The van der Waals surface area contributed by atoms with Gasteiger partial charge in [-0.15, -0.1) is 4.28 Å². The van der Waals surface area contributed by atoms with E-state index in [2.05, 4.69) is 20.0 Å². The van der Waals surface area contributed by atoms with Crippen LogP contribution in [0.15, 0.2) is 0 Å². The number of likely N-dealkylation sites (tertiary alicyclic amines) is 1. The molecule has 4 aliphatic rings. The number of carbonyl (C=O) groups is 2. The molecular weight excluding hydrogens is 390 g/mol. The van der Waals surface area contributed by atoms with E-state index in [-0.39, 0.29) is 24.5 Å². The molecule has 4 rings (SSSR count). The van der Waals surface area contributed by atoms with Gasteiger partial charge in [-0.2, -0.15) is 9.27 Å². The Morgan fingerprint density at radius 2 is 2.18 bits per heavy atom. The summed E-state index contributed by atoms with van der Waals surface area (Å²) in [6.07, 6.45) is 3.28. The third-order valence-electron chi connectivity index (χ3n) is 6.00. The van der Waals surface area contributed by atoms with E-state index in [0.717, 1.165) is 24.6 Å². The Hall–Kier alpha value is -1.31. The van der Waals surface area contributed by atoms with Crippen LogP contribution in [0, 0.1) is 5.92 Å². The van der Waals surface area contributed by atoms with E-state index in [1.54, 1.807) is 0 Å². The molecule has 2 bridgehead atoms. The minimum atomic E-state index is -2.57. The molecule has 4 heterocycles. The number of hydrogen-bond donors (Lipinski definition) is 3. The van der Waals surface area contributed by atoms with Crippen molar-refractivity contribution in [2.24, 2.45) is 5.92 Å². The SMILES string of the molecule is O=C(NOC[C@H]1C[C@@H](CN2CCC2)CN1)C1CCC2CN1C(=O)N2OS(=O)O. The van der Waals surface area contributed by atoms with Crippen LogP contribution in [0.4, 0.5) is 4.79 Å². The molecule has 0 aliphatic carbocycles. The normalized spacial score (nSPS) is 33.8. The average Bonchev–Trinajstić information content (AvgIpc) is 3.17. The molecule has 4 aliphatic heterocycles. The van der Waals surface area contributed by atoms with Gasteiger partial charge in [0.1, 0.15) is 6.04 Å². The lowest BCUT2D eigenvalue weighted by molar-refractivity contribution is -0.139. The van der Waals surface area contributed by atoms with Gasteiger partial charge in [0.25, 0.3) is 5.91 Å². The van der Waals surface area contributed by atoms with Crippen molar-refractivity contribution in [1.29, 1.82) is 0 Å². The standard InChI is InChI=1S/C16H27N5O6S/c22-15(14-3-2-13-9-20(14)16(23)21(13)27-28(24)25)18-26-10-12-6-11(7-17-12)8-19-4-1-5-19/h11-14,17H,1-10H2,(H,18,22)(H,24,25)/t11-,12-,13?,14?/m1/s1. The van der Waals surface area contributed by atoms with E-state index in [4.69, 9.17) is 9.39 Å². The van der Waals surface area contributed by atoms with Crippen molar-refractivity contribution in [2.75, 3.05) is 39.3 Å². The summed E-state index contributed by atoms with van der Waals surface area (Å²) in [7, 11) is 0. The number of rotatable bonds is 8. The van der Waals surface area contributed by atoms with Crippen molar-refractivity contribution in [3.05, 3.63) is 0 Å². The first-order valence-electron chi connectivity index (χ1n) is 9.77. The zero-order chi connectivity index (χ0) is 19.7. The van der Waals surface area contributed by atoms with E-state index in [1.165, 1.54) is 24.4 Å². The Kier molecular flexibility index (Phi) is 6.13. The van der Waals surface area contributed by atoms with Crippen molar-refractivity contribution in [2.45, 2.75) is 43.8 Å². The minimum absolute atomic E-state index is 0.208. The maximum absolute atomic E-state index is 12.5. The second-order valence-corrected chi connectivity index (χ2v) is 8.52. The van der Waals surface area contributed by atoms with E-state index in [0.29, 0.717) is 25.4 Å². The van der Waals surface area contributed by atoms with E-state index in [1.807, 2.05) is 0 Å². The van der Waals surface area contributed by atoms with Gasteiger partial charge in [0.05, 0.1) is 12.6 Å². The Bertz CT molecular complexity index is 635. The Labute approximate surface area is 166 Å². The van der Waals surface area contributed by atoms with Crippen molar-refractivity contribution in [3.63, 3.8) is 0 Å². The summed E-state index contributed by atoms with van der Waals surface area (Å²) < 4.78 is 24.4. The first-order valence-corrected chi connectivity index (χ1v) is 10.8. The third-order valence-corrected chi connectivity index (χ3v) is 6.29. The van der Waals surface area contributed by atoms with Gasteiger partial charge >= 0.3 is 17.4 Å². The predicted octanol–water partition coefficient (Wildman–Crippen LogP) is -0.945. The highest BCUT2D eigenvalue weighted by Gasteiger charge is 2.48. The summed E-state index contributed by atoms with van der Waals surface area (Å²) in [4.78, 5) is 34.0. The lowest BCUT2D eigenvalue weighted by atomic mass is 10.0. The summed E-state index contributed by atoms with van der Waals surface area (Å²) in [6, 6.07) is -1.35. The lowest BCUT2D eigenvalue weighted by Gasteiger charge is -2.32. The molecule has 0 aromatic rings. The molecule has 3 unspecified atom stereocenters. The van der Waals surface area contributed by atoms with E-state index >= 15 is 0 Å². The average molecular weight is 417 g/mol. The molecule has 0 saturated carbocycles. The molecule has 158 valence electrons. The summed E-state index contributed by atoms with van der Waals surface area (Å²) in [5.41, 5.74) is 2.46. The number of hydroxylamine groups is 3. The number of nitrogens with zero attached hydrogens (tertiary/aromatic N) is 3. The van der Waals surface area contributed by atoms with Crippen LogP contribution in [0.25, 0.3) is 0 Å². The predicted molar refractivity (Wildman–Crippen MR) is 97.7 cm³/mol. The number of hydrogen-bond acceptors (Lipinski definition) is 7. The monoisotopic (exact) mass is 417 g/mol. The Morgan fingerprint density at radius 3 is 2.89 bits per heavy atom. The maximum Gasteiger partial charge on any atom is 0.346 e. The number of carbonyl (C=O) groups excluding carboxylic acids is 2. The van der Waals surface area contributed by atoms with Gasteiger partial charge in [0, 0.05) is 19.1 Å². The minimum Gasteiger partial charge on any atom is -0.311 e. The first kappa shape index (κ1) is 20.0. The van der Waals surface area contributed by atoms with Gasteiger partial charge in [-0.3, -0.25) is 14.2 Å². The van der Waals surface area contributed by atoms with Gasteiger partial charge in [0.2, 0.25) is 0 Å². The fourth-order valence-electron chi connectivity index (χ4n) is 4.45. The highest BCUT2D eigenvalue weighted by molar-refractivity contribution is 7.74. The summed E-state index contributed by atoms with van der Waals surface area (Å²) in [5.74, 6) is 0.235. The molecule has 4 fully saturated rings. The molecule has 3 N–H and O–H groups in total. The van der Waals surface area contributed by atoms with Gasteiger partial charge in [-0.25, -0.2) is 10.3 Å². The van der Waals surface area contributed by atoms with Crippen LogP contribution in [0.3, 0.4) is 0 Å². The summed E-state index contributed by atoms with van der Waals surface area (Å²) in [6.45, 7) is 5.14. The molecule has 4 saturated heterocycles. The largest absolute Gasteiger partial charge is 0.346 e. The highest BCUT2D eigenvalue weighted by Crippen LogP contribution is 2.30. The zero-order valence-electron chi connectivity index (χ0n) is 15.6. The van der Waals surface area contributed by atoms with Crippen LogP contribution < -0.4 is 10.8 Å². The van der Waals surface area contributed by atoms with Crippen molar-refractivity contribution >= 4 is 23.3 Å². The molecular formula is C16H27N5O6S. The van der Waals surface area contributed by atoms with Crippen LogP contribution in [0.5, 0.6) is 0 Å². The molecule has 5 atom stereocenters. The summed E-state index contributed by atoms with van der Waals surface area (Å²) >= 11 is -2.57. The molecule has 28 heavy (non-hydrogen) atoms. The van der Waals surface area contributed by atoms with Crippen molar-refractivity contribution in [3.8, 4) is 0 Å². The quantitative estimate of drug-likeness (QED) is 0.341. The third kappa shape index (κ3) is 4.31. The number of nitrogens with one attached hydrogen (secondary N) is 2. The van der Waals surface area contributed by atoms with Crippen molar-refractivity contribution in [1.82, 2.24) is 25.7 Å². The second kappa shape index (κ2) is 8.59. The van der Waals surface area contributed by atoms with Gasteiger partial charge in [-0.1, -0.05) is 0 Å². The summed E-state index contributed by atoms with van der Waals surface area (Å²) in [5, 5.41) is 4.32. The fraction of sp³-hybridized carbons (Fsp3) is 0.875. The van der Waals surface area contributed by atoms with Crippen LogP contribution >= 0.6 is 0 Å². The van der Waals surface area contributed by atoms with Gasteiger partial charge < -0.3 is 15.1 Å². The Balaban J connectivity index is 1.19. The van der Waals surface area contributed by atoms with Gasteiger partial charge in [-0.05, 0) is 51.2 Å². The van der Waals surface area contributed by atoms with E-state index < -0.39 is 23.4 Å². The van der Waals surface area contributed by atoms with Crippen LogP contribution in [0.2, 0.25) is 0 Å². The Morgan fingerprint density at radius 1 is 1.36 bits per heavy atom. The molecule has 0 aromatic carbocycles. The number of urea groups is 1. The highest BCUT2D eigenvalue weighted by atomic mass is 32.2. The molecule has 0 spiro atoms. The maximum atomic E-state index is 12.5. The number of fused-ring (bicyclic) bond motifs is 2. The molecule has 0 aromatic heterocycles. The number of piperidine rings is 1. The number of amides is 3. The smallest absolute Gasteiger partial charge is 0.311 e. The molecule has 0 radical (unpaired) electrons. The molecule has 3 amide bonds. The topological polar surface area (TPSA) is 124 Å². The van der Waals surface area contributed by atoms with Crippen LogP contribution in [-0.2, 0) is 25.3 Å². The zero-order valence-corrected chi connectivity index (χ0v) is 16.4. The fourth-order valence-corrected chi connectivity index (χ4v) is 4.77.